The van der Waals surface area contributed by atoms with Gasteiger partial charge in [-0.2, -0.15) is 26.3 Å². The first-order valence-electron chi connectivity index (χ1n) is 4.26. The molecule has 0 bridgehead atoms. The van der Waals surface area contributed by atoms with Gasteiger partial charge in [0.25, 0.3) is 0 Å². The van der Waals surface area contributed by atoms with Crippen LogP contribution in [0.25, 0.3) is 0 Å². The molecule has 0 aromatic heterocycles. The Morgan fingerprint density at radius 1 is 1.29 bits per heavy atom. The summed E-state index contributed by atoms with van der Waals surface area (Å²) in [7, 11) is 0.858. The molecule has 0 aromatic carbocycles. The monoisotopic (exact) mass is 267 g/mol. The number of amidine groups is 1. The van der Waals surface area contributed by atoms with E-state index >= 15 is 0 Å². The Morgan fingerprint density at radius 2 is 1.76 bits per heavy atom. The van der Waals surface area contributed by atoms with Gasteiger partial charge in [0, 0.05) is 6.54 Å². The van der Waals surface area contributed by atoms with Gasteiger partial charge in [-0.1, -0.05) is 5.16 Å². The van der Waals surface area contributed by atoms with Gasteiger partial charge in [0.15, 0.2) is 5.84 Å². The minimum absolute atomic E-state index is 0.399. The average molecular weight is 267 g/mol. The van der Waals surface area contributed by atoms with E-state index in [1.54, 1.807) is 0 Å². The van der Waals surface area contributed by atoms with E-state index in [4.69, 9.17) is 10.9 Å². The molecule has 10 heteroatoms. The Balaban J connectivity index is 4.67. The number of halogens is 6. The zero-order valence-corrected chi connectivity index (χ0v) is 8.68. The van der Waals surface area contributed by atoms with Crippen LogP contribution in [0.5, 0.6) is 0 Å². The predicted octanol–water partition coefficient (Wildman–Crippen LogP) is 1.41. The molecule has 0 rings (SSSR count). The first-order valence-corrected chi connectivity index (χ1v) is 4.26. The topological polar surface area (TPSA) is 61.8 Å². The lowest BCUT2D eigenvalue weighted by atomic mass is 10.1. The Bertz CT molecular complexity index is 274. The zero-order valence-electron chi connectivity index (χ0n) is 8.68. The van der Waals surface area contributed by atoms with E-state index in [1.807, 2.05) is 0 Å². The third-order valence-corrected chi connectivity index (χ3v) is 1.81. The molecule has 0 aliphatic rings. The maximum absolute atomic E-state index is 12.4. The van der Waals surface area contributed by atoms with Gasteiger partial charge in [-0.05, 0) is 7.05 Å². The molecular weight excluding hydrogens is 256 g/mol. The van der Waals surface area contributed by atoms with Crippen LogP contribution in [0, 0.1) is 5.92 Å². The van der Waals surface area contributed by atoms with Crippen LogP contribution in [0.3, 0.4) is 0 Å². The van der Waals surface area contributed by atoms with E-state index in [0.29, 0.717) is 4.90 Å². The zero-order chi connectivity index (χ0) is 13.9. The molecule has 0 fully saturated rings. The Morgan fingerprint density at radius 3 is 2.06 bits per heavy atom. The first kappa shape index (κ1) is 15.8. The first-order chi connectivity index (χ1) is 7.47. The minimum atomic E-state index is -4.88. The van der Waals surface area contributed by atoms with Crippen LogP contribution >= 0.6 is 0 Å². The Labute approximate surface area is 92.7 Å². The molecule has 0 radical (unpaired) electrons. The van der Waals surface area contributed by atoms with Crippen LogP contribution in [-0.2, 0) is 0 Å². The van der Waals surface area contributed by atoms with Crippen molar-refractivity contribution in [1.82, 2.24) is 4.90 Å². The summed E-state index contributed by atoms with van der Waals surface area (Å²) in [5.74, 6) is -3.62. The normalized spacial score (nSPS) is 16.4. The fourth-order valence-corrected chi connectivity index (χ4v) is 1.12. The number of nitrogens with two attached hydrogens (primary N) is 1. The summed E-state index contributed by atoms with van der Waals surface area (Å²) in [5.41, 5.74) is 4.79. The van der Waals surface area contributed by atoms with Crippen LogP contribution in [0.4, 0.5) is 26.3 Å². The Hall–Kier alpha value is -1.19. The Kier molecular flexibility index (Phi) is 5.05. The molecule has 0 aliphatic carbocycles. The molecule has 17 heavy (non-hydrogen) atoms. The van der Waals surface area contributed by atoms with Crippen molar-refractivity contribution in [2.45, 2.75) is 12.4 Å². The van der Waals surface area contributed by atoms with Crippen molar-refractivity contribution in [3.63, 3.8) is 0 Å². The molecule has 0 heterocycles. The van der Waals surface area contributed by atoms with E-state index < -0.39 is 37.2 Å². The highest BCUT2D eigenvalue weighted by Crippen LogP contribution is 2.27. The minimum Gasteiger partial charge on any atom is -0.409 e. The molecule has 0 spiro atoms. The lowest BCUT2D eigenvalue weighted by Gasteiger charge is -2.25. The van der Waals surface area contributed by atoms with Crippen molar-refractivity contribution in [2.75, 3.05) is 20.1 Å². The van der Waals surface area contributed by atoms with E-state index in [1.165, 1.54) is 0 Å². The van der Waals surface area contributed by atoms with E-state index in [9.17, 15) is 26.3 Å². The summed E-state index contributed by atoms with van der Waals surface area (Å²) in [6.45, 7) is -2.56. The van der Waals surface area contributed by atoms with E-state index in [-0.39, 0.29) is 0 Å². The number of rotatable bonds is 4. The van der Waals surface area contributed by atoms with Gasteiger partial charge >= 0.3 is 12.4 Å². The summed E-state index contributed by atoms with van der Waals surface area (Å²) < 4.78 is 72.8. The van der Waals surface area contributed by atoms with Crippen molar-refractivity contribution >= 4 is 5.84 Å². The van der Waals surface area contributed by atoms with Crippen molar-refractivity contribution in [3.8, 4) is 0 Å². The van der Waals surface area contributed by atoms with Gasteiger partial charge in [0.2, 0.25) is 0 Å². The molecule has 1 atom stereocenters. The number of alkyl halides is 6. The van der Waals surface area contributed by atoms with Crippen molar-refractivity contribution in [1.29, 1.82) is 0 Å². The average Bonchev–Trinajstić information content (AvgIpc) is 2.08. The molecule has 0 saturated heterocycles. The van der Waals surface area contributed by atoms with Crippen LogP contribution in [0.2, 0.25) is 0 Å². The third kappa shape index (κ3) is 6.19. The largest absolute Gasteiger partial charge is 0.409 e. The number of oxime groups is 1. The maximum Gasteiger partial charge on any atom is 0.401 e. The standard InChI is InChI=1S/C7H11F6N3O/c1-16(3-6(8,9)10)2-4(5(14)15-17)7(11,12)13/h4,17H,2-3H2,1H3,(H2,14,15). The second-order valence-corrected chi connectivity index (χ2v) is 3.43. The molecular formula is C7H11F6N3O. The van der Waals surface area contributed by atoms with Crippen LogP contribution < -0.4 is 5.73 Å². The fraction of sp³-hybridized carbons (Fsp3) is 0.857. The predicted molar refractivity (Wildman–Crippen MR) is 46.5 cm³/mol. The summed E-state index contributed by atoms with van der Waals surface area (Å²) in [6.07, 6.45) is -9.49. The fourth-order valence-electron chi connectivity index (χ4n) is 1.12. The summed E-state index contributed by atoms with van der Waals surface area (Å²) >= 11 is 0. The van der Waals surface area contributed by atoms with Gasteiger partial charge in [-0.15, -0.1) is 0 Å². The van der Waals surface area contributed by atoms with Gasteiger partial charge in [0.05, 0.1) is 6.54 Å². The number of hydrogen-bond acceptors (Lipinski definition) is 3. The summed E-state index contributed by atoms with van der Waals surface area (Å²) in [4.78, 5) is 0.399. The third-order valence-electron chi connectivity index (χ3n) is 1.81. The lowest BCUT2D eigenvalue weighted by Crippen LogP contribution is -2.45. The molecule has 102 valence electrons. The van der Waals surface area contributed by atoms with E-state index in [0.717, 1.165) is 7.05 Å². The molecule has 0 amide bonds. The smallest absolute Gasteiger partial charge is 0.401 e. The van der Waals surface area contributed by atoms with Gasteiger partial charge < -0.3 is 10.9 Å². The van der Waals surface area contributed by atoms with Crippen molar-refractivity contribution < 1.29 is 31.5 Å². The van der Waals surface area contributed by atoms with Gasteiger partial charge in [-0.25, -0.2) is 0 Å². The van der Waals surface area contributed by atoms with Crippen LogP contribution in [0.1, 0.15) is 0 Å². The molecule has 4 nitrogen and oxygen atoms in total. The van der Waals surface area contributed by atoms with Crippen LogP contribution in [0.15, 0.2) is 5.16 Å². The summed E-state index contributed by atoms with van der Waals surface area (Å²) in [5, 5.41) is 10.3. The van der Waals surface area contributed by atoms with Gasteiger partial charge in [0.1, 0.15) is 5.92 Å². The summed E-state index contributed by atoms with van der Waals surface area (Å²) in [6, 6.07) is 0. The highest BCUT2D eigenvalue weighted by Gasteiger charge is 2.44. The maximum atomic E-state index is 12.4. The second-order valence-electron chi connectivity index (χ2n) is 3.43. The molecule has 0 aromatic rings. The number of hydrogen-bond donors (Lipinski definition) is 2. The second kappa shape index (κ2) is 5.43. The molecule has 0 aliphatic heterocycles. The molecule has 3 N–H and O–H groups in total. The van der Waals surface area contributed by atoms with Crippen molar-refractivity contribution in [3.05, 3.63) is 0 Å². The van der Waals surface area contributed by atoms with Crippen LogP contribution in [-0.4, -0.2) is 48.4 Å². The number of nitrogens with zero attached hydrogens (tertiary/aromatic N) is 2. The van der Waals surface area contributed by atoms with E-state index in [2.05, 4.69) is 5.16 Å². The quantitative estimate of drug-likeness (QED) is 0.266. The van der Waals surface area contributed by atoms with Crippen molar-refractivity contribution in [2.24, 2.45) is 16.8 Å². The van der Waals surface area contributed by atoms with Gasteiger partial charge in [-0.3, -0.25) is 4.90 Å². The molecule has 0 saturated carbocycles. The lowest BCUT2D eigenvalue weighted by molar-refractivity contribution is -0.172. The SMILES string of the molecule is CN(CC(C(N)=NO)C(F)(F)F)CC(F)(F)F. The highest BCUT2D eigenvalue weighted by molar-refractivity contribution is 5.83. The highest BCUT2D eigenvalue weighted by atomic mass is 19.4. The molecule has 1 unspecified atom stereocenters.